The van der Waals surface area contributed by atoms with Crippen LogP contribution >= 0.6 is 23.2 Å². The van der Waals surface area contributed by atoms with Gasteiger partial charge in [0.1, 0.15) is 11.9 Å². The lowest BCUT2D eigenvalue weighted by atomic mass is 10.0. The Balaban J connectivity index is 2.19. The third-order valence-electron chi connectivity index (χ3n) is 5.64. The molecule has 3 N–H and O–H groups in total. The number of carbonyl (C=O) groups is 2. The molecule has 10 heteroatoms. The zero-order valence-electron chi connectivity index (χ0n) is 20.5. The average Bonchev–Trinajstić information content (AvgIpc) is 3.10. The van der Waals surface area contributed by atoms with E-state index in [0.717, 1.165) is 22.5 Å². The number of aryl methyl sites for hydroxylation is 2. The van der Waals surface area contributed by atoms with Gasteiger partial charge in [-0.1, -0.05) is 13.8 Å². The molecule has 0 unspecified atom stereocenters. The number of benzene rings is 1. The van der Waals surface area contributed by atoms with E-state index in [1.165, 1.54) is 0 Å². The molecule has 0 bridgehead atoms. The van der Waals surface area contributed by atoms with E-state index in [4.69, 9.17) is 38.7 Å². The molecule has 0 fully saturated rings. The standard InChI is InChI=1S/C24H37Cl2N5O3/c1-5-34-24(33)19(29-23(32)18(27)14-16(2)3)7-9-22-28-20-15-17(6-8-21(20)30(22)4)31(12-10-25)13-11-26/h6,8,15-16,18-19H,5,7,9-14,27H2,1-4H3,(H,29,32)/t18-,19-/m0/s1. The Kier molecular flexibility index (Phi) is 11.4. The maximum atomic E-state index is 12.5. The van der Waals surface area contributed by atoms with Crippen molar-refractivity contribution in [3.63, 3.8) is 0 Å². The summed E-state index contributed by atoms with van der Waals surface area (Å²) < 4.78 is 7.18. The molecule has 0 aliphatic rings. The number of esters is 1. The summed E-state index contributed by atoms with van der Waals surface area (Å²) in [4.78, 5) is 32.0. The molecule has 1 heterocycles. The fraction of sp³-hybridized carbons (Fsp3) is 0.625. The molecule has 0 saturated heterocycles. The number of hydrogen-bond acceptors (Lipinski definition) is 6. The largest absolute Gasteiger partial charge is 0.464 e. The van der Waals surface area contributed by atoms with Gasteiger partial charge in [0, 0.05) is 44.0 Å². The van der Waals surface area contributed by atoms with Crippen LogP contribution in [0.5, 0.6) is 0 Å². The molecule has 0 radical (unpaired) electrons. The zero-order chi connectivity index (χ0) is 25.3. The smallest absolute Gasteiger partial charge is 0.328 e. The van der Waals surface area contributed by atoms with E-state index in [-0.39, 0.29) is 18.4 Å². The maximum Gasteiger partial charge on any atom is 0.328 e. The van der Waals surface area contributed by atoms with Crippen molar-refractivity contribution >= 4 is 51.8 Å². The number of aromatic nitrogens is 2. The molecule has 34 heavy (non-hydrogen) atoms. The molecule has 2 aromatic rings. The van der Waals surface area contributed by atoms with Crippen LogP contribution in [-0.2, 0) is 27.8 Å². The van der Waals surface area contributed by atoms with E-state index in [1.807, 2.05) is 43.7 Å². The van der Waals surface area contributed by atoms with Gasteiger partial charge in [-0.15, -0.1) is 23.2 Å². The predicted molar refractivity (Wildman–Crippen MR) is 139 cm³/mol. The Labute approximate surface area is 212 Å². The normalized spacial score (nSPS) is 13.2. The summed E-state index contributed by atoms with van der Waals surface area (Å²) in [6.45, 7) is 7.36. The molecule has 1 aromatic carbocycles. The third kappa shape index (κ3) is 7.75. The van der Waals surface area contributed by atoms with Crippen molar-refractivity contribution in [1.29, 1.82) is 0 Å². The predicted octanol–water partition coefficient (Wildman–Crippen LogP) is 3.21. The Bertz CT molecular complexity index is 944. The highest BCUT2D eigenvalue weighted by Gasteiger charge is 2.26. The monoisotopic (exact) mass is 513 g/mol. The first-order chi connectivity index (χ1) is 16.2. The number of halogens is 2. The molecule has 1 aromatic heterocycles. The van der Waals surface area contributed by atoms with E-state index in [9.17, 15) is 9.59 Å². The van der Waals surface area contributed by atoms with Crippen molar-refractivity contribution in [2.75, 3.05) is 36.4 Å². The fourth-order valence-electron chi connectivity index (χ4n) is 3.89. The third-order valence-corrected chi connectivity index (χ3v) is 5.98. The second-order valence-electron chi connectivity index (χ2n) is 8.71. The number of carbonyl (C=O) groups excluding carboxylic acids is 2. The van der Waals surface area contributed by atoms with Crippen LogP contribution in [0.25, 0.3) is 11.0 Å². The van der Waals surface area contributed by atoms with Gasteiger partial charge in [0.25, 0.3) is 0 Å². The summed E-state index contributed by atoms with van der Waals surface area (Å²) >= 11 is 11.9. The van der Waals surface area contributed by atoms with Crippen molar-refractivity contribution in [3.05, 3.63) is 24.0 Å². The number of hydrogen-bond donors (Lipinski definition) is 2. The minimum atomic E-state index is -0.788. The number of fused-ring (bicyclic) bond motifs is 1. The molecule has 0 aliphatic carbocycles. The molecule has 2 atom stereocenters. The van der Waals surface area contributed by atoms with Gasteiger partial charge in [-0.05, 0) is 43.9 Å². The Morgan fingerprint density at radius 3 is 2.50 bits per heavy atom. The lowest BCUT2D eigenvalue weighted by molar-refractivity contribution is -0.147. The van der Waals surface area contributed by atoms with Gasteiger partial charge in [-0.25, -0.2) is 9.78 Å². The van der Waals surface area contributed by atoms with Crippen molar-refractivity contribution in [2.24, 2.45) is 18.7 Å². The quantitative estimate of drug-likeness (QED) is 0.297. The van der Waals surface area contributed by atoms with Crippen LogP contribution in [0.2, 0.25) is 0 Å². The van der Waals surface area contributed by atoms with Crippen LogP contribution < -0.4 is 16.0 Å². The van der Waals surface area contributed by atoms with Crippen LogP contribution in [0, 0.1) is 5.92 Å². The number of anilines is 1. The SMILES string of the molecule is CCOC(=O)[C@H](CCc1nc2cc(N(CCCl)CCCl)ccc2n1C)NC(=O)[C@@H](N)CC(C)C. The number of amides is 1. The van der Waals surface area contributed by atoms with E-state index in [2.05, 4.69) is 10.2 Å². The molecule has 0 saturated carbocycles. The van der Waals surface area contributed by atoms with Gasteiger partial charge in [0.15, 0.2) is 0 Å². The van der Waals surface area contributed by atoms with Gasteiger partial charge in [0.2, 0.25) is 5.91 Å². The molecule has 0 aliphatic heterocycles. The first kappa shape index (κ1) is 28.2. The van der Waals surface area contributed by atoms with Gasteiger partial charge in [-0.2, -0.15) is 0 Å². The first-order valence-electron chi connectivity index (χ1n) is 11.8. The zero-order valence-corrected chi connectivity index (χ0v) is 22.0. The highest BCUT2D eigenvalue weighted by atomic mass is 35.5. The van der Waals surface area contributed by atoms with Gasteiger partial charge in [-0.3, -0.25) is 4.79 Å². The molecule has 190 valence electrons. The number of nitrogens with one attached hydrogen (secondary N) is 1. The summed E-state index contributed by atoms with van der Waals surface area (Å²) in [6.07, 6.45) is 1.38. The minimum absolute atomic E-state index is 0.236. The molecular weight excluding hydrogens is 477 g/mol. The van der Waals surface area contributed by atoms with Crippen LogP contribution in [-0.4, -0.2) is 65.0 Å². The maximum absolute atomic E-state index is 12.5. The van der Waals surface area contributed by atoms with Gasteiger partial charge < -0.3 is 25.3 Å². The van der Waals surface area contributed by atoms with Gasteiger partial charge >= 0.3 is 5.97 Å². The summed E-state index contributed by atoms with van der Waals surface area (Å²) in [5.74, 6) is 1.28. The summed E-state index contributed by atoms with van der Waals surface area (Å²) in [5.41, 5.74) is 8.84. The number of rotatable bonds is 14. The van der Waals surface area contributed by atoms with Crippen molar-refractivity contribution in [2.45, 2.75) is 52.1 Å². The Hall–Kier alpha value is -2.03. The number of imidazole rings is 1. The topological polar surface area (TPSA) is 102 Å². The van der Waals surface area contributed by atoms with E-state index < -0.39 is 18.1 Å². The molecule has 2 rings (SSSR count). The lowest BCUT2D eigenvalue weighted by Gasteiger charge is -2.22. The highest BCUT2D eigenvalue weighted by molar-refractivity contribution is 6.18. The summed E-state index contributed by atoms with van der Waals surface area (Å²) in [6, 6.07) is 4.61. The van der Waals surface area contributed by atoms with E-state index in [0.29, 0.717) is 44.1 Å². The Morgan fingerprint density at radius 2 is 1.91 bits per heavy atom. The lowest BCUT2D eigenvalue weighted by Crippen LogP contribution is -2.49. The average molecular weight is 514 g/mol. The number of nitrogens with two attached hydrogens (primary N) is 1. The molecule has 0 spiro atoms. The van der Waals surface area contributed by atoms with Crippen molar-refractivity contribution in [1.82, 2.24) is 14.9 Å². The first-order valence-corrected chi connectivity index (χ1v) is 12.8. The second kappa shape index (κ2) is 13.8. The number of ether oxygens (including phenoxy) is 1. The highest BCUT2D eigenvalue weighted by Crippen LogP contribution is 2.23. The van der Waals surface area contributed by atoms with Gasteiger partial charge in [0.05, 0.1) is 23.7 Å². The number of alkyl halides is 2. The van der Waals surface area contributed by atoms with Crippen LogP contribution in [0.15, 0.2) is 18.2 Å². The van der Waals surface area contributed by atoms with Crippen molar-refractivity contribution < 1.29 is 14.3 Å². The fourth-order valence-corrected chi connectivity index (χ4v) is 4.30. The second-order valence-corrected chi connectivity index (χ2v) is 9.47. The van der Waals surface area contributed by atoms with Crippen LogP contribution in [0.1, 0.15) is 39.4 Å². The molecule has 1 amide bonds. The van der Waals surface area contributed by atoms with Crippen LogP contribution in [0.3, 0.4) is 0 Å². The van der Waals surface area contributed by atoms with Crippen molar-refractivity contribution in [3.8, 4) is 0 Å². The summed E-state index contributed by atoms with van der Waals surface area (Å²) in [5, 5.41) is 2.78. The van der Waals surface area contributed by atoms with E-state index in [1.54, 1.807) is 6.92 Å². The molecular formula is C24H37Cl2N5O3. The Morgan fingerprint density at radius 1 is 1.24 bits per heavy atom. The van der Waals surface area contributed by atoms with E-state index >= 15 is 0 Å². The molecule has 8 nitrogen and oxygen atoms in total. The minimum Gasteiger partial charge on any atom is -0.464 e. The summed E-state index contributed by atoms with van der Waals surface area (Å²) in [7, 11) is 1.94. The van der Waals surface area contributed by atoms with Crippen LogP contribution in [0.4, 0.5) is 5.69 Å². The number of nitrogens with zero attached hydrogens (tertiary/aromatic N) is 3.